The van der Waals surface area contributed by atoms with E-state index < -0.39 is 12.7 Å². The van der Waals surface area contributed by atoms with Gasteiger partial charge in [0, 0.05) is 23.0 Å². The summed E-state index contributed by atoms with van der Waals surface area (Å²) in [5.41, 5.74) is 5.68. The van der Waals surface area contributed by atoms with E-state index in [4.69, 9.17) is 11.6 Å². The third-order valence-electron chi connectivity index (χ3n) is 4.64. The summed E-state index contributed by atoms with van der Waals surface area (Å²) < 4.78 is 38.7. The van der Waals surface area contributed by atoms with E-state index in [2.05, 4.69) is 25.8 Å². The van der Waals surface area contributed by atoms with Gasteiger partial charge in [0.05, 0.1) is 30.8 Å². The molecule has 1 aromatic carbocycles. The minimum Gasteiger partial charge on any atom is -0.372 e. The van der Waals surface area contributed by atoms with Crippen LogP contribution in [-0.4, -0.2) is 39.0 Å². The van der Waals surface area contributed by atoms with E-state index in [1.165, 1.54) is 0 Å². The average Bonchev–Trinajstić information content (AvgIpc) is 3.14. The highest BCUT2D eigenvalue weighted by molar-refractivity contribution is 6.29. The number of aryl methyl sites for hydroxylation is 1. The summed E-state index contributed by atoms with van der Waals surface area (Å²) in [6.45, 7) is 0.868. The van der Waals surface area contributed by atoms with Crippen molar-refractivity contribution in [1.82, 2.24) is 24.9 Å². The maximum Gasteiger partial charge on any atom is 0.401 e. The Balaban J connectivity index is 1.56. The smallest absolute Gasteiger partial charge is 0.372 e. The number of alkyl halides is 3. The topological polar surface area (TPSA) is 67.1 Å². The number of hydrogen-bond donors (Lipinski definition) is 2. The molecule has 31 heavy (non-hydrogen) atoms. The van der Waals surface area contributed by atoms with Gasteiger partial charge in [0.1, 0.15) is 5.65 Å². The van der Waals surface area contributed by atoms with Crippen LogP contribution in [0.2, 0.25) is 5.15 Å². The molecule has 4 rings (SSSR count). The molecule has 0 saturated heterocycles. The molecule has 0 amide bonds. The summed E-state index contributed by atoms with van der Waals surface area (Å²) in [5.74, 6) is 0. The van der Waals surface area contributed by atoms with Crippen molar-refractivity contribution in [3.63, 3.8) is 0 Å². The fraction of sp³-hybridized carbons (Fsp3) is 0.190. The van der Waals surface area contributed by atoms with Crippen LogP contribution in [0.3, 0.4) is 0 Å². The first-order valence-electron chi connectivity index (χ1n) is 9.39. The first-order valence-corrected chi connectivity index (χ1v) is 9.77. The molecule has 3 heterocycles. The summed E-state index contributed by atoms with van der Waals surface area (Å²) >= 11 is 5.89. The van der Waals surface area contributed by atoms with Crippen LogP contribution in [0.1, 0.15) is 5.56 Å². The number of nitrogens with zero attached hydrogens (tertiary/aromatic N) is 4. The number of hydrogen-bond acceptors (Lipinski definition) is 5. The fourth-order valence-electron chi connectivity index (χ4n) is 3.24. The predicted octanol–water partition coefficient (Wildman–Crippen LogP) is 4.94. The summed E-state index contributed by atoms with van der Waals surface area (Å²) in [5, 5.41) is 13.7. The lowest BCUT2D eigenvalue weighted by atomic mass is 10.1. The van der Waals surface area contributed by atoms with Crippen molar-refractivity contribution >= 4 is 22.9 Å². The second-order valence-electron chi connectivity index (χ2n) is 6.96. The van der Waals surface area contributed by atoms with Crippen molar-refractivity contribution in [3.05, 3.63) is 65.6 Å². The quantitative estimate of drug-likeness (QED) is 0.324. The maximum absolute atomic E-state index is 12.2. The predicted molar refractivity (Wildman–Crippen MR) is 114 cm³/mol. The number of fused-ring (bicyclic) bond motifs is 1. The normalized spacial score (nSPS) is 11.8. The van der Waals surface area contributed by atoms with Crippen molar-refractivity contribution in [2.45, 2.75) is 13.1 Å². The van der Waals surface area contributed by atoms with Gasteiger partial charge in [-0.3, -0.25) is 9.72 Å². The summed E-state index contributed by atoms with van der Waals surface area (Å²) in [6.07, 6.45) is -0.594. The lowest BCUT2D eigenvalue weighted by Gasteiger charge is -2.11. The molecular weight excluding hydrogens is 429 g/mol. The molecule has 2 N–H and O–H groups in total. The monoisotopic (exact) mass is 446 g/mol. The summed E-state index contributed by atoms with van der Waals surface area (Å²) in [6, 6.07) is 13.0. The Kier molecular flexibility index (Phi) is 5.79. The number of benzene rings is 1. The van der Waals surface area contributed by atoms with E-state index in [-0.39, 0.29) is 6.67 Å². The average molecular weight is 447 g/mol. The van der Waals surface area contributed by atoms with Crippen molar-refractivity contribution in [2.75, 3.05) is 18.5 Å². The van der Waals surface area contributed by atoms with Crippen molar-refractivity contribution in [1.29, 1.82) is 0 Å². The lowest BCUT2D eigenvalue weighted by molar-refractivity contribution is -0.124. The first-order chi connectivity index (χ1) is 14.8. The zero-order chi connectivity index (χ0) is 22.0. The van der Waals surface area contributed by atoms with Crippen LogP contribution in [-0.2, 0) is 0 Å². The molecule has 0 saturated carbocycles. The SMILES string of the molecule is Cc1cc(Cl)nnc1-c1ccn2c(-c3cccc(NCNCC(F)(F)F)c3)cnc2c1. The third-order valence-corrected chi connectivity index (χ3v) is 4.83. The van der Waals surface area contributed by atoms with Gasteiger partial charge in [0.25, 0.3) is 0 Å². The molecule has 10 heteroatoms. The van der Waals surface area contributed by atoms with E-state index in [1.54, 1.807) is 18.3 Å². The Hall–Kier alpha value is -3.17. The highest BCUT2D eigenvalue weighted by Gasteiger charge is 2.25. The van der Waals surface area contributed by atoms with E-state index in [9.17, 15) is 13.2 Å². The van der Waals surface area contributed by atoms with E-state index in [0.29, 0.717) is 10.8 Å². The van der Waals surface area contributed by atoms with Gasteiger partial charge in [0.2, 0.25) is 0 Å². The molecule has 0 aliphatic heterocycles. The molecule has 3 aromatic heterocycles. The van der Waals surface area contributed by atoms with Crippen LogP contribution >= 0.6 is 11.6 Å². The molecule has 0 atom stereocenters. The van der Waals surface area contributed by atoms with Crippen LogP contribution in [0.5, 0.6) is 0 Å². The number of pyridine rings is 1. The Morgan fingerprint density at radius 1 is 1.06 bits per heavy atom. The molecule has 0 fully saturated rings. The zero-order valence-corrected chi connectivity index (χ0v) is 17.2. The minimum absolute atomic E-state index is 0.000947. The molecule has 0 aliphatic carbocycles. The van der Waals surface area contributed by atoms with Gasteiger partial charge in [-0.25, -0.2) is 4.98 Å². The number of imidazole rings is 1. The summed E-state index contributed by atoms with van der Waals surface area (Å²) in [7, 11) is 0. The Morgan fingerprint density at radius 3 is 2.68 bits per heavy atom. The van der Waals surface area contributed by atoms with Gasteiger partial charge in [0.15, 0.2) is 5.15 Å². The standard InChI is InChI=1S/C21H18ClF3N6/c1-13-7-18(22)29-30-20(13)15-5-6-31-17(10-27-19(31)9-15)14-3-2-4-16(8-14)28-12-26-11-21(23,24)25/h2-10,26,28H,11-12H2,1H3. The number of nitrogens with one attached hydrogen (secondary N) is 2. The van der Waals surface area contributed by atoms with Crippen molar-refractivity contribution in [2.24, 2.45) is 0 Å². The van der Waals surface area contributed by atoms with Crippen LogP contribution < -0.4 is 10.6 Å². The molecule has 6 nitrogen and oxygen atoms in total. The molecule has 160 valence electrons. The number of anilines is 1. The maximum atomic E-state index is 12.2. The van der Waals surface area contributed by atoms with Crippen LogP contribution in [0.4, 0.5) is 18.9 Å². The second kappa shape index (κ2) is 8.52. The Morgan fingerprint density at radius 2 is 1.90 bits per heavy atom. The number of halogens is 4. The minimum atomic E-state index is -4.24. The van der Waals surface area contributed by atoms with Gasteiger partial charge < -0.3 is 5.32 Å². The lowest BCUT2D eigenvalue weighted by Crippen LogP contribution is -2.32. The molecule has 0 unspecified atom stereocenters. The van der Waals surface area contributed by atoms with Crippen LogP contribution in [0, 0.1) is 6.92 Å². The Labute approximate surface area is 181 Å². The molecule has 0 radical (unpaired) electrons. The highest BCUT2D eigenvalue weighted by atomic mass is 35.5. The third kappa shape index (κ3) is 4.95. The van der Waals surface area contributed by atoms with Gasteiger partial charge in [-0.2, -0.15) is 13.2 Å². The van der Waals surface area contributed by atoms with Gasteiger partial charge >= 0.3 is 6.18 Å². The molecule has 0 spiro atoms. The van der Waals surface area contributed by atoms with E-state index >= 15 is 0 Å². The number of rotatable bonds is 6. The van der Waals surface area contributed by atoms with E-state index in [0.717, 1.165) is 33.7 Å². The van der Waals surface area contributed by atoms with E-state index in [1.807, 2.05) is 47.9 Å². The zero-order valence-electron chi connectivity index (χ0n) is 16.4. The van der Waals surface area contributed by atoms with Crippen LogP contribution in [0.15, 0.2) is 54.9 Å². The van der Waals surface area contributed by atoms with Gasteiger partial charge in [-0.05, 0) is 42.8 Å². The van der Waals surface area contributed by atoms with Crippen molar-refractivity contribution in [3.8, 4) is 22.5 Å². The van der Waals surface area contributed by atoms with Gasteiger partial charge in [-0.1, -0.05) is 23.7 Å². The first kappa shape index (κ1) is 21.1. The summed E-state index contributed by atoms with van der Waals surface area (Å²) in [4.78, 5) is 4.49. The highest BCUT2D eigenvalue weighted by Crippen LogP contribution is 2.27. The Bertz CT molecular complexity index is 1220. The van der Waals surface area contributed by atoms with Crippen molar-refractivity contribution < 1.29 is 13.2 Å². The van der Waals surface area contributed by atoms with Gasteiger partial charge in [-0.15, -0.1) is 10.2 Å². The molecule has 0 aliphatic rings. The fourth-order valence-corrected chi connectivity index (χ4v) is 3.44. The second-order valence-corrected chi connectivity index (χ2v) is 7.35. The largest absolute Gasteiger partial charge is 0.401 e. The molecule has 0 bridgehead atoms. The molecule has 4 aromatic rings. The van der Waals surface area contributed by atoms with Crippen LogP contribution in [0.25, 0.3) is 28.2 Å². The molecular formula is C21H18ClF3N6. The number of aromatic nitrogens is 4.